The van der Waals surface area contributed by atoms with E-state index in [0.29, 0.717) is 43.3 Å². The van der Waals surface area contributed by atoms with Gasteiger partial charge < -0.3 is 15.0 Å². The van der Waals surface area contributed by atoms with E-state index in [1.807, 2.05) is 42.5 Å². The Kier molecular flexibility index (Phi) is 8.51. The highest BCUT2D eigenvalue weighted by atomic mass is 35.5. The van der Waals surface area contributed by atoms with Crippen LogP contribution in [0.4, 0.5) is 23.7 Å². The first-order valence-corrected chi connectivity index (χ1v) is 12.0. The van der Waals surface area contributed by atoms with Gasteiger partial charge in [0.25, 0.3) is 0 Å². The van der Waals surface area contributed by atoms with Crippen molar-refractivity contribution in [3.63, 3.8) is 0 Å². The number of anilines is 1. The van der Waals surface area contributed by atoms with E-state index >= 15 is 0 Å². The van der Waals surface area contributed by atoms with Gasteiger partial charge in [-0.3, -0.25) is 4.90 Å². The molecule has 1 aliphatic rings. The molecule has 1 saturated heterocycles. The third-order valence-electron chi connectivity index (χ3n) is 6.08. The normalized spacial score (nSPS) is 15.5. The summed E-state index contributed by atoms with van der Waals surface area (Å²) in [6.45, 7) is 3.25. The molecule has 0 aromatic heterocycles. The second kappa shape index (κ2) is 11.8. The third-order valence-corrected chi connectivity index (χ3v) is 6.33. The third kappa shape index (κ3) is 7.22. The molecule has 0 aliphatic carbocycles. The molecule has 5 nitrogen and oxygen atoms in total. The number of urea groups is 1. The highest BCUT2D eigenvalue weighted by Gasteiger charge is 2.30. The highest BCUT2D eigenvalue weighted by molar-refractivity contribution is 6.30. The van der Waals surface area contributed by atoms with Crippen LogP contribution in [0.25, 0.3) is 0 Å². The predicted octanol–water partition coefficient (Wildman–Crippen LogP) is 6.47. The van der Waals surface area contributed by atoms with Crippen molar-refractivity contribution >= 4 is 23.3 Å². The van der Waals surface area contributed by atoms with Crippen molar-refractivity contribution < 1.29 is 22.7 Å². The number of carbonyl (C=O) groups excluding carboxylic acids is 1. The zero-order valence-electron chi connectivity index (χ0n) is 19.5. The van der Waals surface area contributed by atoms with Gasteiger partial charge in [0.05, 0.1) is 18.3 Å². The molecule has 1 heterocycles. The van der Waals surface area contributed by atoms with E-state index in [4.69, 9.17) is 16.3 Å². The summed E-state index contributed by atoms with van der Waals surface area (Å²) in [5.41, 5.74) is 1.65. The number of hydrogen-bond acceptors (Lipinski definition) is 3. The molecular formula is C27H27ClF3N3O2. The van der Waals surface area contributed by atoms with Crippen LogP contribution in [0.15, 0.2) is 78.9 Å². The number of benzene rings is 3. The number of rotatable bonds is 7. The lowest BCUT2D eigenvalue weighted by Crippen LogP contribution is -2.50. The van der Waals surface area contributed by atoms with Crippen molar-refractivity contribution in [3.05, 3.63) is 101 Å². The van der Waals surface area contributed by atoms with Crippen molar-refractivity contribution in [2.24, 2.45) is 0 Å². The zero-order valence-corrected chi connectivity index (χ0v) is 20.3. The lowest BCUT2D eigenvalue weighted by molar-refractivity contribution is -0.137. The number of hydrogen-bond donors (Lipinski definition) is 1. The molecule has 1 aliphatic heterocycles. The van der Waals surface area contributed by atoms with Gasteiger partial charge in [-0.05, 0) is 47.5 Å². The van der Waals surface area contributed by atoms with Gasteiger partial charge in [-0.2, -0.15) is 13.2 Å². The number of piperazine rings is 1. The van der Waals surface area contributed by atoms with E-state index in [2.05, 4.69) is 10.2 Å². The molecule has 3 aromatic carbocycles. The van der Waals surface area contributed by atoms with Crippen molar-refractivity contribution in [1.82, 2.24) is 9.80 Å². The molecule has 1 fully saturated rings. The van der Waals surface area contributed by atoms with Crippen molar-refractivity contribution in [1.29, 1.82) is 0 Å². The fourth-order valence-corrected chi connectivity index (χ4v) is 4.14. The Morgan fingerprint density at radius 1 is 0.917 bits per heavy atom. The number of nitrogens with zero attached hydrogens (tertiary/aromatic N) is 2. The molecule has 1 atom stereocenters. The quantitative estimate of drug-likeness (QED) is 0.391. The highest BCUT2D eigenvalue weighted by Crippen LogP contribution is 2.30. The molecule has 9 heteroatoms. The predicted molar refractivity (Wildman–Crippen MR) is 134 cm³/mol. The van der Waals surface area contributed by atoms with Crippen LogP contribution in [-0.4, -0.2) is 48.6 Å². The summed E-state index contributed by atoms with van der Waals surface area (Å²) < 4.78 is 44.8. The molecule has 0 radical (unpaired) electrons. The maximum absolute atomic E-state index is 12.9. The number of alkyl halides is 3. The fraction of sp³-hybridized carbons (Fsp3) is 0.296. The van der Waals surface area contributed by atoms with Crippen LogP contribution in [0.5, 0.6) is 0 Å². The number of nitrogens with one attached hydrogen (secondary N) is 1. The molecule has 0 spiro atoms. The van der Waals surface area contributed by atoms with Gasteiger partial charge in [0, 0.05) is 43.4 Å². The Balaban J connectivity index is 1.35. The van der Waals surface area contributed by atoms with Crippen molar-refractivity contribution in [2.45, 2.75) is 18.9 Å². The number of amides is 2. The Hall–Kier alpha value is -3.07. The first-order valence-electron chi connectivity index (χ1n) is 11.6. The maximum atomic E-state index is 12.9. The fourth-order valence-electron chi connectivity index (χ4n) is 4.01. The van der Waals surface area contributed by atoms with Gasteiger partial charge in [-0.25, -0.2) is 4.79 Å². The second-order valence-electron chi connectivity index (χ2n) is 8.63. The van der Waals surface area contributed by atoms with Gasteiger partial charge in [-0.15, -0.1) is 0 Å². The minimum atomic E-state index is -4.37. The average Bonchev–Trinajstić information content (AvgIpc) is 2.88. The van der Waals surface area contributed by atoms with E-state index < -0.39 is 11.7 Å². The first-order chi connectivity index (χ1) is 17.3. The number of halogens is 4. The molecule has 3 aromatic rings. The average molecular weight is 518 g/mol. The largest absolute Gasteiger partial charge is 0.416 e. The summed E-state index contributed by atoms with van der Waals surface area (Å²) in [5.74, 6) is 0. The van der Waals surface area contributed by atoms with Crippen LogP contribution in [0.1, 0.15) is 22.8 Å². The standard InChI is InChI=1S/C27H27ClF3N3O2/c28-23-12-8-21(9-13-23)25(36-19-20-6-10-22(11-7-20)27(29,30)31)18-33-14-16-34(17-15-33)26(35)32-24-4-2-1-3-5-24/h1-13,25H,14-19H2,(H,32,35)/t25-/m0/s1. The minimum Gasteiger partial charge on any atom is -0.368 e. The summed E-state index contributed by atoms with van der Waals surface area (Å²) in [5, 5.41) is 3.52. The topological polar surface area (TPSA) is 44.8 Å². The van der Waals surface area contributed by atoms with Crippen LogP contribution in [0, 0.1) is 0 Å². The van der Waals surface area contributed by atoms with Crippen molar-refractivity contribution in [3.8, 4) is 0 Å². The molecule has 0 saturated carbocycles. The minimum absolute atomic E-state index is 0.131. The number of carbonyl (C=O) groups is 1. The summed E-state index contributed by atoms with van der Waals surface area (Å²) in [4.78, 5) is 16.6. The Morgan fingerprint density at radius 2 is 1.56 bits per heavy atom. The lowest BCUT2D eigenvalue weighted by atomic mass is 10.1. The lowest BCUT2D eigenvalue weighted by Gasteiger charge is -2.36. The van der Waals surface area contributed by atoms with E-state index in [9.17, 15) is 18.0 Å². The molecule has 0 bridgehead atoms. The SMILES string of the molecule is O=C(Nc1ccccc1)N1CCN(C[C@H](OCc2ccc(C(F)(F)F)cc2)c2ccc(Cl)cc2)CC1. The van der Waals surface area contributed by atoms with Crippen LogP contribution >= 0.6 is 11.6 Å². The van der Waals surface area contributed by atoms with Gasteiger partial charge in [0.1, 0.15) is 0 Å². The van der Waals surface area contributed by atoms with Gasteiger partial charge in [-0.1, -0.05) is 54.1 Å². The summed E-state index contributed by atoms with van der Waals surface area (Å²) >= 11 is 6.05. The van der Waals surface area contributed by atoms with Gasteiger partial charge in [0.2, 0.25) is 0 Å². The zero-order chi connectivity index (χ0) is 25.5. The Labute approximate surface area is 213 Å². The van der Waals surface area contributed by atoms with Crippen LogP contribution in [0.3, 0.4) is 0 Å². The van der Waals surface area contributed by atoms with Crippen LogP contribution in [0.2, 0.25) is 5.02 Å². The Morgan fingerprint density at radius 3 is 2.17 bits per heavy atom. The monoisotopic (exact) mass is 517 g/mol. The second-order valence-corrected chi connectivity index (χ2v) is 9.07. The first kappa shape index (κ1) is 26.0. The summed E-state index contributed by atoms with van der Waals surface area (Å²) in [6, 6.07) is 21.6. The van der Waals surface area contributed by atoms with Gasteiger partial charge >= 0.3 is 12.2 Å². The van der Waals surface area contributed by atoms with Gasteiger partial charge in [0.15, 0.2) is 0 Å². The van der Waals surface area contributed by atoms with Crippen molar-refractivity contribution in [2.75, 3.05) is 38.0 Å². The van der Waals surface area contributed by atoms with E-state index in [1.54, 1.807) is 17.0 Å². The summed E-state index contributed by atoms with van der Waals surface area (Å²) in [6.07, 6.45) is -4.68. The molecule has 4 rings (SSSR count). The van der Waals surface area contributed by atoms with Crippen LogP contribution in [-0.2, 0) is 17.5 Å². The van der Waals surface area contributed by atoms with E-state index in [0.717, 1.165) is 23.4 Å². The molecule has 2 amide bonds. The molecule has 0 unspecified atom stereocenters. The smallest absolute Gasteiger partial charge is 0.368 e. The molecule has 190 valence electrons. The van der Waals surface area contributed by atoms with Crippen LogP contribution < -0.4 is 5.32 Å². The van der Waals surface area contributed by atoms with E-state index in [1.165, 1.54) is 12.1 Å². The molecule has 36 heavy (non-hydrogen) atoms. The molecule has 1 N–H and O–H groups in total. The molecular weight excluding hydrogens is 491 g/mol. The number of para-hydroxylation sites is 1. The number of ether oxygens (including phenoxy) is 1. The maximum Gasteiger partial charge on any atom is 0.416 e. The summed E-state index contributed by atoms with van der Waals surface area (Å²) in [7, 11) is 0. The Bertz CT molecular complexity index is 1120. The van der Waals surface area contributed by atoms with E-state index in [-0.39, 0.29) is 18.7 Å².